The van der Waals surface area contributed by atoms with Crippen LogP contribution in [-0.4, -0.2) is 35.7 Å². The first-order valence-electron chi connectivity index (χ1n) is 8.61. The van der Waals surface area contributed by atoms with E-state index in [1.165, 1.54) is 11.6 Å². The van der Waals surface area contributed by atoms with Crippen molar-refractivity contribution in [1.29, 1.82) is 5.26 Å². The van der Waals surface area contributed by atoms with Gasteiger partial charge in [0, 0.05) is 13.1 Å². The molecule has 1 fully saturated rings. The van der Waals surface area contributed by atoms with E-state index in [9.17, 15) is 18.4 Å². The van der Waals surface area contributed by atoms with Crippen molar-refractivity contribution < 1.29 is 17.9 Å². The standard InChI is InChI=1S/C19H22F3N3OS/c1-3-13(9-14(20)4-2)11-26-15-5-7-25(8-6-15)16(10-23)18-17(19(21)22)24-12-27-18/h3-4,9,12,15-16,19H,2,5-8,11H2,1H3/b13-3+,14-9+. The maximum Gasteiger partial charge on any atom is 0.281 e. The lowest BCUT2D eigenvalue weighted by atomic mass is 10.0. The molecule has 0 aliphatic carbocycles. The molecule has 1 aromatic rings. The van der Waals surface area contributed by atoms with E-state index < -0.39 is 18.3 Å². The second kappa shape index (κ2) is 10.4. The molecule has 2 rings (SSSR count). The van der Waals surface area contributed by atoms with Gasteiger partial charge in [0.15, 0.2) is 0 Å². The summed E-state index contributed by atoms with van der Waals surface area (Å²) in [7, 11) is 0. The summed E-state index contributed by atoms with van der Waals surface area (Å²) >= 11 is 1.09. The van der Waals surface area contributed by atoms with Crippen LogP contribution in [0.25, 0.3) is 0 Å². The Morgan fingerprint density at radius 2 is 2.22 bits per heavy atom. The number of nitriles is 1. The predicted molar refractivity (Wildman–Crippen MR) is 99.1 cm³/mol. The van der Waals surface area contributed by atoms with Crippen LogP contribution in [0.4, 0.5) is 13.2 Å². The van der Waals surface area contributed by atoms with Gasteiger partial charge in [-0.2, -0.15) is 5.26 Å². The third-order valence-corrected chi connectivity index (χ3v) is 5.31. The summed E-state index contributed by atoms with van der Waals surface area (Å²) in [5.41, 5.74) is 1.76. The minimum atomic E-state index is -2.69. The van der Waals surface area contributed by atoms with Crippen molar-refractivity contribution in [2.75, 3.05) is 19.7 Å². The number of ether oxygens (including phenoxy) is 1. The topological polar surface area (TPSA) is 49.1 Å². The van der Waals surface area contributed by atoms with Gasteiger partial charge in [0.05, 0.1) is 29.2 Å². The summed E-state index contributed by atoms with van der Waals surface area (Å²) in [4.78, 5) is 5.89. The fourth-order valence-electron chi connectivity index (χ4n) is 2.90. The number of likely N-dealkylation sites (tertiary alicyclic amines) is 1. The third-order valence-electron chi connectivity index (χ3n) is 4.42. The van der Waals surface area contributed by atoms with Crippen molar-refractivity contribution in [2.24, 2.45) is 0 Å². The zero-order valence-corrected chi connectivity index (χ0v) is 15.9. The normalized spacial score (nSPS) is 18.5. The molecule has 0 radical (unpaired) electrons. The lowest BCUT2D eigenvalue weighted by molar-refractivity contribution is 0.0140. The molecule has 146 valence electrons. The maximum atomic E-state index is 13.3. The number of allylic oxidation sites excluding steroid dienone is 3. The lowest BCUT2D eigenvalue weighted by Gasteiger charge is -2.34. The van der Waals surface area contributed by atoms with Crippen molar-refractivity contribution in [3.8, 4) is 6.07 Å². The molecular formula is C19H22F3N3OS. The van der Waals surface area contributed by atoms with Crippen LogP contribution in [-0.2, 0) is 4.74 Å². The molecule has 1 atom stereocenters. The Kier molecular flexibility index (Phi) is 8.23. The highest BCUT2D eigenvalue weighted by Gasteiger charge is 2.31. The van der Waals surface area contributed by atoms with Crippen LogP contribution in [0.1, 0.15) is 42.8 Å². The van der Waals surface area contributed by atoms with Crippen LogP contribution in [0.2, 0.25) is 0 Å². The molecule has 0 N–H and O–H groups in total. The molecule has 1 unspecified atom stereocenters. The molecular weight excluding hydrogens is 375 g/mol. The first-order valence-corrected chi connectivity index (χ1v) is 9.49. The number of halogens is 3. The molecule has 1 aliphatic rings. The minimum absolute atomic E-state index is 0.0215. The summed E-state index contributed by atoms with van der Waals surface area (Å²) < 4.78 is 45.3. The number of alkyl halides is 2. The molecule has 27 heavy (non-hydrogen) atoms. The Hall–Kier alpha value is -1.95. The fraction of sp³-hybridized carbons (Fsp3) is 0.474. The summed E-state index contributed by atoms with van der Waals surface area (Å²) in [6, 6.07) is 1.40. The molecule has 1 aromatic heterocycles. The van der Waals surface area contributed by atoms with Crippen LogP contribution in [0.5, 0.6) is 0 Å². The minimum Gasteiger partial charge on any atom is -0.373 e. The van der Waals surface area contributed by atoms with Gasteiger partial charge in [0.1, 0.15) is 17.6 Å². The molecule has 0 bridgehead atoms. The molecule has 1 aliphatic heterocycles. The number of piperidine rings is 1. The second-order valence-corrected chi connectivity index (χ2v) is 6.96. The summed E-state index contributed by atoms with van der Waals surface area (Å²) in [6.07, 6.45) is 2.93. The van der Waals surface area contributed by atoms with Gasteiger partial charge in [-0.3, -0.25) is 4.90 Å². The summed E-state index contributed by atoms with van der Waals surface area (Å²) in [5.74, 6) is -0.419. The van der Waals surface area contributed by atoms with Gasteiger partial charge in [-0.25, -0.2) is 18.2 Å². The molecule has 0 aromatic carbocycles. The molecule has 0 amide bonds. The van der Waals surface area contributed by atoms with Crippen molar-refractivity contribution in [1.82, 2.24) is 9.88 Å². The van der Waals surface area contributed by atoms with Gasteiger partial charge >= 0.3 is 0 Å². The smallest absolute Gasteiger partial charge is 0.281 e. The molecule has 0 spiro atoms. The van der Waals surface area contributed by atoms with E-state index in [1.807, 2.05) is 4.90 Å². The molecule has 2 heterocycles. The van der Waals surface area contributed by atoms with Gasteiger partial charge < -0.3 is 4.74 Å². The molecule has 0 saturated carbocycles. The van der Waals surface area contributed by atoms with E-state index in [1.54, 1.807) is 13.0 Å². The van der Waals surface area contributed by atoms with E-state index in [2.05, 4.69) is 17.6 Å². The quantitative estimate of drug-likeness (QED) is 0.572. The zero-order valence-electron chi connectivity index (χ0n) is 15.1. The highest BCUT2D eigenvalue weighted by atomic mass is 32.1. The predicted octanol–water partition coefficient (Wildman–Crippen LogP) is 5.11. The van der Waals surface area contributed by atoms with Gasteiger partial charge in [-0.1, -0.05) is 12.7 Å². The van der Waals surface area contributed by atoms with Crippen molar-refractivity contribution >= 4 is 11.3 Å². The SMILES string of the molecule is C=C/C(F)=C\C(=C/C)COC1CCN(C(C#N)c2scnc2C(F)F)CC1. The molecule has 8 heteroatoms. The van der Waals surface area contributed by atoms with E-state index >= 15 is 0 Å². The number of hydrogen-bond donors (Lipinski definition) is 0. The highest BCUT2D eigenvalue weighted by molar-refractivity contribution is 7.09. The third kappa shape index (κ3) is 5.76. The van der Waals surface area contributed by atoms with Crippen LogP contribution >= 0.6 is 11.3 Å². The van der Waals surface area contributed by atoms with Gasteiger partial charge in [-0.05, 0) is 37.5 Å². The Morgan fingerprint density at radius 1 is 1.52 bits per heavy atom. The first kappa shape index (κ1) is 21.4. The van der Waals surface area contributed by atoms with Gasteiger partial charge in [0.2, 0.25) is 0 Å². The van der Waals surface area contributed by atoms with E-state index in [0.717, 1.165) is 23.0 Å². The van der Waals surface area contributed by atoms with Crippen molar-refractivity contribution in [3.63, 3.8) is 0 Å². The number of aromatic nitrogens is 1. The van der Waals surface area contributed by atoms with Crippen molar-refractivity contribution in [3.05, 3.63) is 52.3 Å². The Bertz CT molecular complexity index is 731. The number of thiazole rings is 1. The lowest BCUT2D eigenvalue weighted by Crippen LogP contribution is -2.39. The average Bonchev–Trinajstić information content (AvgIpc) is 3.16. The van der Waals surface area contributed by atoms with Gasteiger partial charge in [0.25, 0.3) is 6.43 Å². The number of rotatable bonds is 8. The Balaban J connectivity index is 1.91. The average molecular weight is 397 g/mol. The Labute approximate surface area is 161 Å². The zero-order chi connectivity index (χ0) is 19.8. The van der Waals surface area contributed by atoms with Crippen LogP contribution in [0.3, 0.4) is 0 Å². The fourth-order valence-corrected chi connectivity index (χ4v) is 3.77. The van der Waals surface area contributed by atoms with Crippen LogP contribution in [0.15, 0.2) is 41.7 Å². The first-order chi connectivity index (χ1) is 13.0. The second-order valence-electron chi connectivity index (χ2n) is 6.08. The monoisotopic (exact) mass is 397 g/mol. The number of nitrogens with zero attached hydrogens (tertiary/aromatic N) is 3. The van der Waals surface area contributed by atoms with Crippen molar-refractivity contribution in [2.45, 2.75) is 38.3 Å². The Morgan fingerprint density at radius 3 is 2.78 bits per heavy atom. The van der Waals surface area contributed by atoms with Crippen LogP contribution < -0.4 is 0 Å². The van der Waals surface area contributed by atoms with Crippen LogP contribution in [0, 0.1) is 11.3 Å². The van der Waals surface area contributed by atoms with E-state index in [0.29, 0.717) is 30.8 Å². The summed E-state index contributed by atoms with van der Waals surface area (Å²) in [5, 5.41) is 9.49. The van der Waals surface area contributed by atoms with E-state index in [4.69, 9.17) is 4.74 Å². The maximum absolute atomic E-state index is 13.3. The molecule has 1 saturated heterocycles. The highest BCUT2D eigenvalue weighted by Crippen LogP contribution is 2.34. The van der Waals surface area contributed by atoms with E-state index in [-0.39, 0.29) is 18.4 Å². The van der Waals surface area contributed by atoms with Gasteiger partial charge in [-0.15, -0.1) is 11.3 Å². The summed E-state index contributed by atoms with van der Waals surface area (Å²) in [6.45, 7) is 6.59. The largest absolute Gasteiger partial charge is 0.373 e. The number of hydrogen-bond acceptors (Lipinski definition) is 5. The molecule has 4 nitrogen and oxygen atoms in total.